The Morgan fingerprint density at radius 3 is 2.60 bits per heavy atom. The number of aliphatic hydroxyl groups is 1. The standard InChI is InChI=1S/C25H40N2O3/c1-17-7-6-8-18-15-21-22(23(28)25(17,18)2)20(24(29)30-21)16-26-13-9-19(10-14-26)27-11-4-3-5-12-27/h8,17,19-23,28H,3-7,9-16H2,1-2H3/t17-,20-,21-,22-,23+,25-/m1/s1. The number of likely N-dealkylation sites (tertiary alicyclic amines) is 2. The predicted octanol–water partition coefficient (Wildman–Crippen LogP) is 3.22. The molecule has 3 saturated heterocycles. The number of hydrogen-bond acceptors (Lipinski definition) is 5. The molecule has 0 aromatic rings. The van der Waals surface area contributed by atoms with Gasteiger partial charge in [-0.25, -0.2) is 0 Å². The number of esters is 1. The van der Waals surface area contributed by atoms with Gasteiger partial charge in [0.05, 0.1) is 12.0 Å². The van der Waals surface area contributed by atoms with Crippen molar-refractivity contribution in [1.29, 1.82) is 0 Å². The molecule has 0 radical (unpaired) electrons. The van der Waals surface area contributed by atoms with E-state index in [2.05, 4.69) is 29.7 Å². The third-order valence-corrected chi connectivity index (χ3v) is 9.49. The molecular weight excluding hydrogens is 376 g/mol. The number of aliphatic hydroxyl groups excluding tert-OH is 1. The van der Waals surface area contributed by atoms with Crippen LogP contribution in [0.3, 0.4) is 0 Å². The molecule has 4 fully saturated rings. The minimum atomic E-state index is -0.486. The maximum absolute atomic E-state index is 12.9. The second-order valence-electron chi connectivity index (χ2n) is 10.9. The average molecular weight is 417 g/mol. The molecule has 0 aromatic carbocycles. The highest BCUT2D eigenvalue weighted by molar-refractivity contribution is 5.76. The smallest absolute Gasteiger partial charge is 0.311 e. The van der Waals surface area contributed by atoms with E-state index in [-0.39, 0.29) is 29.3 Å². The first-order valence-corrected chi connectivity index (χ1v) is 12.5. The van der Waals surface area contributed by atoms with Gasteiger partial charge in [0.2, 0.25) is 0 Å². The number of fused-ring (bicyclic) bond motifs is 2. The molecule has 5 nitrogen and oxygen atoms in total. The summed E-state index contributed by atoms with van der Waals surface area (Å²) >= 11 is 0. The average Bonchev–Trinajstić information content (AvgIpc) is 3.07. The number of rotatable bonds is 3. The largest absolute Gasteiger partial charge is 0.461 e. The quantitative estimate of drug-likeness (QED) is 0.566. The summed E-state index contributed by atoms with van der Waals surface area (Å²) in [7, 11) is 0. The molecule has 0 unspecified atom stereocenters. The Hall–Kier alpha value is -0.910. The first-order valence-electron chi connectivity index (χ1n) is 12.5. The zero-order valence-corrected chi connectivity index (χ0v) is 18.9. The predicted molar refractivity (Wildman–Crippen MR) is 117 cm³/mol. The minimum absolute atomic E-state index is 0.0555. The van der Waals surface area contributed by atoms with Crippen LogP contribution < -0.4 is 0 Å². The number of hydrogen-bond donors (Lipinski definition) is 1. The lowest BCUT2D eigenvalue weighted by Gasteiger charge is -2.52. The summed E-state index contributed by atoms with van der Waals surface area (Å²) in [6.07, 6.45) is 11.2. The van der Waals surface area contributed by atoms with E-state index >= 15 is 0 Å². The minimum Gasteiger partial charge on any atom is -0.461 e. The van der Waals surface area contributed by atoms with Crippen molar-refractivity contribution in [3.8, 4) is 0 Å². The van der Waals surface area contributed by atoms with Crippen molar-refractivity contribution in [2.24, 2.45) is 23.2 Å². The van der Waals surface area contributed by atoms with E-state index in [9.17, 15) is 9.90 Å². The van der Waals surface area contributed by atoms with Crippen LogP contribution in [0.1, 0.15) is 65.2 Å². The van der Waals surface area contributed by atoms with Gasteiger partial charge in [-0.05, 0) is 70.6 Å². The molecule has 5 aliphatic rings. The van der Waals surface area contributed by atoms with Gasteiger partial charge in [0, 0.05) is 30.3 Å². The fraction of sp³-hybridized carbons (Fsp3) is 0.880. The molecule has 0 amide bonds. The lowest BCUT2D eigenvalue weighted by Crippen LogP contribution is -2.55. The Balaban J connectivity index is 1.25. The number of nitrogens with zero attached hydrogens (tertiary/aromatic N) is 2. The van der Waals surface area contributed by atoms with Gasteiger partial charge in [-0.15, -0.1) is 0 Å². The SMILES string of the molecule is C[C@@H]1CCC=C2C[C@H]3OC(=O)[C@H](CN4CCC(N5CCCCC5)CC4)[C@H]3[C@H](O)[C@@]21C. The van der Waals surface area contributed by atoms with Crippen LogP contribution in [-0.4, -0.2) is 71.8 Å². The third-order valence-electron chi connectivity index (χ3n) is 9.49. The zero-order valence-electron chi connectivity index (χ0n) is 18.9. The molecule has 1 saturated carbocycles. The van der Waals surface area contributed by atoms with Crippen LogP contribution in [0.15, 0.2) is 11.6 Å². The second kappa shape index (κ2) is 8.22. The topological polar surface area (TPSA) is 53.0 Å². The van der Waals surface area contributed by atoms with E-state index in [1.807, 2.05) is 0 Å². The van der Waals surface area contributed by atoms with Crippen LogP contribution in [0.4, 0.5) is 0 Å². The molecule has 2 aliphatic carbocycles. The van der Waals surface area contributed by atoms with Gasteiger partial charge in [0.15, 0.2) is 0 Å². The Bertz CT molecular complexity index is 680. The second-order valence-corrected chi connectivity index (χ2v) is 10.9. The van der Waals surface area contributed by atoms with E-state index in [4.69, 9.17) is 4.74 Å². The molecular formula is C25H40N2O3. The first-order chi connectivity index (χ1) is 14.5. The van der Waals surface area contributed by atoms with Crippen molar-refractivity contribution in [3.05, 3.63) is 11.6 Å². The molecule has 5 rings (SSSR count). The number of carbonyl (C=O) groups excluding carboxylic acids is 1. The first kappa shape index (κ1) is 21.0. The number of piperidine rings is 2. The summed E-state index contributed by atoms with van der Waals surface area (Å²) in [4.78, 5) is 18.0. The Morgan fingerprint density at radius 2 is 1.87 bits per heavy atom. The molecule has 3 aliphatic heterocycles. The van der Waals surface area contributed by atoms with Crippen molar-refractivity contribution in [2.75, 3.05) is 32.7 Å². The summed E-state index contributed by atoms with van der Waals surface area (Å²) in [5.74, 6) is 0.145. The molecule has 1 N–H and O–H groups in total. The van der Waals surface area contributed by atoms with Gasteiger partial charge < -0.3 is 19.6 Å². The van der Waals surface area contributed by atoms with Gasteiger partial charge >= 0.3 is 5.97 Å². The maximum Gasteiger partial charge on any atom is 0.311 e. The summed E-state index contributed by atoms with van der Waals surface area (Å²) in [5, 5.41) is 11.5. The molecule has 30 heavy (non-hydrogen) atoms. The number of ether oxygens (including phenoxy) is 1. The fourth-order valence-electron chi connectivity index (χ4n) is 7.30. The molecule has 0 aromatic heterocycles. The van der Waals surface area contributed by atoms with Crippen LogP contribution in [0.2, 0.25) is 0 Å². The van der Waals surface area contributed by atoms with Crippen LogP contribution in [0.5, 0.6) is 0 Å². The summed E-state index contributed by atoms with van der Waals surface area (Å²) < 4.78 is 5.86. The van der Waals surface area contributed by atoms with Crippen molar-refractivity contribution in [3.63, 3.8) is 0 Å². The normalized spacial score (nSPS) is 43.6. The Kier molecular flexibility index (Phi) is 5.74. The summed E-state index contributed by atoms with van der Waals surface area (Å²) in [6.45, 7) is 9.92. The van der Waals surface area contributed by atoms with E-state index in [0.717, 1.165) is 44.9 Å². The molecule has 168 valence electrons. The molecule has 3 heterocycles. The van der Waals surface area contributed by atoms with Crippen LogP contribution >= 0.6 is 0 Å². The van der Waals surface area contributed by atoms with Crippen LogP contribution in [0.25, 0.3) is 0 Å². The van der Waals surface area contributed by atoms with Gasteiger partial charge in [-0.2, -0.15) is 0 Å². The molecule has 0 spiro atoms. The van der Waals surface area contributed by atoms with Gasteiger partial charge in [-0.1, -0.05) is 31.9 Å². The van der Waals surface area contributed by atoms with E-state index in [0.29, 0.717) is 5.92 Å². The van der Waals surface area contributed by atoms with Gasteiger partial charge in [-0.3, -0.25) is 4.79 Å². The van der Waals surface area contributed by atoms with E-state index < -0.39 is 6.10 Å². The summed E-state index contributed by atoms with van der Waals surface area (Å²) in [5.41, 5.74) is 1.12. The van der Waals surface area contributed by atoms with Gasteiger partial charge in [0.25, 0.3) is 0 Å². The van der Waals surface area contributed by atoms with E-state index in [1.54, 1.807) is 0 Å². The monoisotopic (exact) mass is 416 g/mol. The van der Waals surface area contributed by atoms with Gasteiger partial charge in [0.1, 0.15) is 6.10 Å². The van der Waals surface area contributed by atoms with Crippen molar-refractivity contribution in [2.45, 2.75) is 83.5 Å². The molecule has 5 heteroatoms. The number of carbonyl (C=O) groups is 1. The fourth-order valence-corrected chi connectivity index (χ4v) is 7.30. The van der Waals surface area contributed by atoms with Crippen LogP contribution in [0, 0.1) is 23.2 Å². The lowest BCUT2D eigenvalue weighted by molar-refractivity contribution is -0.145. The highest BCUT2D eigenvalue weighted by Gasteiger charge is 2.59. The number of allylic oxidation sites excluding steroid dienone is 1. The van der Waals surface area contributed by atoms with Crippen molar-refractivity contribution >= 4 is 5.97 Å². The third kappa shape index (κ3) is 3.45. The van der Waals surface area contributed by atoms with Crippen molar-refractivity contribution in [1.82, 2.24) is 9.80 Å². The lowest BCUT2D eigenvalue weighted by atomic mass is 9.55. The highest BCUT2D eigenvalue weighted by Crippen LogP contribution is 2.56. The summed E-state index contributed by atoms with van der Waals surface area (Å²) in [6, 6.07) is 0.722. The Labute approximate surface area is 181 Å². The van der Waals surface area contributed by atoms with Crippen LogP contribution in [-0.2, 0) is 9.53 Å². The zero-order chi connectivity index (χ0) is 20.9. The van der Waals surface area contributed by atoms with Crippen molar-refractivity contribution < 1.29 is 14.6 Å². The molecule has 6 atom stereocenters. The molecule has 0 bridgehead atoms. The Morgan fingerprint density at radius 1 is 1.13 bits per heavy atom. The van der Waals surface area contributed by atoms with E-state index in [1.165, 1.54) is 50.8 Å². The maximum atomic E-state index is 12.9. The highest BCUT2D eigenvalue weighted by atomic mass is 16.6.